The van der Waals surface area contributed by atoms with Gasteiger partial charge in [0.1, 0.15) is 0 Å². The molecule has 4 nitrogen and oxygen atoms in total. The van der Waals surface area contributed by atoms with Gasteiger partial charge in [0.25, 0.3) is 0 Å². The highest BCUT2D eigenvalue weighted by molar-refractivity contribution is 6.34. The first kappa shape index (κ1) is 11.5. The molecule has 1 aromatic heterocycles. The second-order valence-electron chi connectivity index (χ2n) is 4.42. The summed E-state index contributed by atoms with van der Waals surface area (Å²) in [6, 6.07) is 4.04. The zero-order chi connectivity index (χ0) is 12.7. The molecule has 0 saturated heterocycles. The van der Waals surface area contributed by atoms with E-state index in [4.69, 9.17) is 16.3 Å². The Morgan fingerprint density at radius 2 is 2.33 bits per heavy atom. The second kappa shape index (κ2) is 4.28. The first-order valence-corrected chi connectivity index (χ1v) is 6.41. The molecule has 1 aliphatic carbocycles. The fourth-order valence-corrected chi connectivity index (χ4v) is 2.29. The van der Waals surface area contributed by atoms with Crippen LogP contribution in [-0.2, 0) is 4.74 Å². The number of aromatic nitrogens is 2. The minimum Gasteiger partial charge on any atom is -0.462 e. The highest BCUT2D eigenvalue weighted by Crippen LogP contribution is 2.38. The summed E-state index contributed by atoms with van der Waals surface area (Å²) in [5.41, 5.74) is 2.15. The van der Waals surface area contributed by atoms with Gasteiger partial charge in [0.05, 0.1) is 34.6 Å². The van der Waals surface area contributed by atoms with E-state index in [1.807, 2.05) is 6.33 Å². The molecule has 1 aliphatic rings. The summed E-state index contributed by atoms with van der Waals surface area (Å²) < 4.78 is 7.09. The van der Waals surface area contributed by atoms with Crippen molar-refractivity contribution >= 4 is 28.6 Å². The summed E-state index contributed by atoms with van der Waals surface area (Å²) in [6.07, 6.45) is 4.18. The largest absolute Gasteiger partial charge is 0.462 e. The van der Waals surface area contributed by atoms with Crippen molar-refractivity contribution in [3.8, 4) is 0 Å². The van der Waals surface area contributed by atoms with Crippen LogP contribution in [0.3, 0.4) is 0 Å². The van der Waals surface area contributed by atoms with Crippen molar-refractivity contribution in [3.63, 3.8) is 0 Å². The maximum absolute atomic E-state index is 11.7. The molecule has 5 heteroatoms. The molecular formula is C13H13ClN2O2. The Morgan fingerprint density at radius 3 is 3.00 bits per heavy atom. The van der Waals surface area contributed by atoms with Crippen LogP contribution in [0.2, 0.25) is 5.02 Å². The third-order valence-electron chi connectivity index (χ3n) is 3.10. The normalized spacial score (nSPS) is 15.0. The fourth-order valence-electron chi connectivity index (χ4n) is 2.06. The molecule has 0 bridgehead atoms. The molecule has 0 spiro atoms. The zero-order valence-corrected chi connectivity index (χ0v) is 10.8. The number of halogens is 1. The monoisotopic (exact) mass is 264 g/mol. The SMILES string of the molecule is CCOC(=O)c1cc2ncn(C3CC3)c2cc1Cl. The Morgan fingerprint density at radius 1 is 1.56 bits per heavy atom. The lowest BCUT2D eigenvalue weighted by Gasteiger charge is -2.05. The van der Waals surface area contributed by atoms with E-state index in [9.17, 15) is 4.79 Å². The molecule has 1 saturated carbocycles. The number of benzene rings is 1. The predicted molar refractivity (Wildman–Crippen MR) is 69.0 cm³/mol. The van der Waals surface area contributed by atoms with Crippen molar-refractivity contribution < 1.29 is 9.53 Å². The van der Waals surface area contributed by atoms with Crippen LogP contribution in [-0.4, -0.2) is 22.1 Å². The lowest BCUT2D eigenvalue weighted by Crippen LogP contribution is -2.05. The molecule has 0 amide bonds. The van der Waals surface area contributed by atoms with Crippen molar-refractivity contribution in [3.05, 3.63) is 29.0 Å². The molecule has 0 radical (unpaired) electrons. The summed E-state index contributed by atoms with van der Waals surface area (Å²) in [6.45, 7) is 2.11. The second-order valence-corrected chi connectivity index (χ2v) is 4.83. The van der Waals surface area contributed by atoms with Gasteiger partial charge in [0.2, 0.25) is 0 Å². The Labute approximate surface area is 110 Å². The van der Waals surface area contributed by atoms with Crippen LogP contribution in [0.5, 0.6) is 0 Å². The molecule has 2 aromatic rings. The third-order valence-corrected chi connectivity index (χ3v) is 3.41. The number of fused-ring (bicyclic) bond motifs is 1. The van der Waals surface area contributed by atoms with E-state index in [1.54, 1.807) is 19.1 Å². The number of esters is 1. The number of carbonyl (C=O) groups excluding carboxylic acids is 1. The van der Waals surface area contributed by atoms with Crippen LogP contribution < -0.4 is 0 Å². The highest BCUT2D eigenvalue weighted by atomic mass is 35.5. The third kappa shape index (κ3) is 1.86. The maximum atomic E-state index is 11.7. The van der Waals surface area contributed by atoms with E-state index in [0.29, 0.717) is 23.2 Å². The van der Waals surface area contributed by atoms with Gasteiger partial charge in [-0.2, -0.15) is 0 Å². The van der Waals surface area contributed by atoms with Gasteiger partial charge in [0.15, 0.2) is 0 Å². The van der Waals surface area contributed by atoms with Crippen LogP contribution in [0.1, 0.15) is 36.2 Å². The summed E-state index contributed by atoms with van der Waals surface area (Å²) in [7, 11) is 0. The van der Waals surface area contributed by atoms with Crippen molar-refractivity contribution in [2.45, 2.75) is 25.8 Å². The van der Waals surface area contributed by atoms with Gasteiger partial charge in [-0.15, -0.1) is 0 Å². The van der Waals surface area contributed by atoms with Crippen molar-refractivity contribution in [2.75, 3.05) is 6.61 Å². The summed E-state index contributed by atoms with van der Waals surface area (Å²) in [5.74, 6) is -0.398. The fraction of sp³-hybridized carbons (Fsp3) is 0.385. The number of ether oxygens (including phenoxy) is 1. The topological polar surface area (TPSA) is 44.1 Å². The van der Waals surface area contributed by atoms with Crippen molar-refractivity contribution in [1.82, 2.24) is 9.55 Å². The smallest absolute Gasteiger partial charge is 0.339 e. The van der Waals surface area contributed by atoms with Gasteiger partial charge in [-0.3, -0.25) is 0 Å². The Kier molecular flexibility index (Phi) is 2.74. The molecule has 3 rings (SSSR count). The molecule has 94 valence electrons. The Balaban J connectivity index is 2.07. The van der Waals surface area contributed by atoms with E-state index in [1.165, 1.54) is 12.8 Å². The molecule has 0 unspecified atom stereocenters. The summed E-state index contributed by atoms with van der Waals surface area (Å²) >= 11 is 6.15. The highest BCUT2D eigenvalue weighted by Gasteiger charge is 2.25. The minimum absolute atomic E-state index is 0.337. The molecule has 0 atom stereocenters. The van der Waals surface area contributed by atoms with E-state index in [2.05, 4.69) is 9.55 Å². The van der Waals surface area contributed by atoms with E-state index in [0.717, 1.165) is 11.0 Å². The van der Waals surface area contributed by atoms with Crippen LogP contribution in [0, 0.1) is 0 Å². The summed E-state index contributed by atoms with van der Waals surface area (Å²) in [4.78, 5) is 16.0. The van der Waals surface area contributed by atoms with E-state index >= 15 is 0 Å². The molecule has 0 aliphatic heterocycles. The first-order chi connectivity index (χ1) is 8.70. The van der Waals surface area contributed by atoms with Gasteiger partial charge in [0, 0.05) is 6.04 Å². The molecule has 1 aromatic carbocycles. The molecule has 0 N–H and O–H groups in total. The van der Waals surface area contributed by atoms with E-state index in [-0.39, 0.29) is 0 Å². The molecule has 1 heterocycles. The lowest BCUT2D eigenvalue weighted by atomic mass is 10.2. The minimum atomic E-state index is -0.398. The first-order valence-electron chi connectivity index (χ1n) is 6.04. The summed E-state index contributed by atoms with van der Waals surface area (Å²) in [5, 5.41) is 0.420. The van der Waals surface area contributed by atoms with Gasteiger partial charge >= 0.3 is 5.97 Å². The number of nitrogens with zero attached hydrogens (tertiary/aromatic N) is 2. The standard InChI is InChI=1S/C13H13ClN2O2/c1-2-18-13(17)9-5-11-12(6-10(9)14)16(7-15-11)8-3-4-8/h5-8H,2-4H2,1H3. The molecule has 18 heavy (non-hydrogen) atoms. The van der Waals surface area contributed by atoms with Crippen molar-refractivity contribution in [1.29, 1.82) is 0 Å². The van der Waals surface area contributed by atoms with Gasteiger partial charge in [-0.1, -0.05) is 11.6 Å². The average molecular weight is 265 g/mol. The number of imidazole rings is 1. The van der Waals surface area contributed by atoms with Gasteiger partial charge in [-0.05, 0) is 31.9 Å². The average Bonchev–Trinajstić information content (AvgIpc) is 3.10. The van der Waals surface area contributed by atoms with Crippen LogP contribution in [0.25, 0.3) is 11.0 Å². The van der Waals surface area contributed by atoms with Gasteiger partial charge < -0.3 is 9.30 Å². The van der Waals surface area contributed by atoms with Gasteiger partial charge in [-0.25, -0.2) is 9.78 Å². The predicted octanol–water partition coefficient (Wildman–Crippen LogP) is 3.20. The quantitative estimate of drug-likeness (QED) is 0.800. The zero-order valence-electron chi connectivity index (χ0n) is 10.0. The van der Waals surface area contributed by atoms with Crippen molar-refractivity contribution in [2.24, 2.45) is 0 Å². The Bertz CT molecular complexity index is 617. The molecular weight excluding hydrogens is 252 g/mol. The maximum Gasteiger partial charge on any atom is 0.339 e. The van der Waals surface area contributed by atoms with Crippen LogP contribution in [0.4, 0.5) is 0 Å². The van der Waals surface area contributed by atoms with Crippen LogP contribution >= 0.6 is 11.6 Å². The van der Waals surface area contributed by atoms with E-state index < -0.39 is 5.97 Å². The number of hydrogen-bond donors (Lipinski definition) is 0. The number of carbonyl (C=O) groups is 1. The Hall–Kier alpha value is -1.55. The van der Waals surface area contributed by atoms with Crippen LogP contribution in [0.15, 0.2) is 18.5 Å². The number of rotatable bonds is 3. The molecule has 1 fully saturated rings. The number of hydrogen-bond acceptors (Lipinski definition) is 3. The lowest BCUT2D eigenvalue weighted by molar-refractivity contribution is 0.0527.